The third-order valence-electron chi connectivity index (χ3n) is 3.30. The van der Waals surface area contributed by atoms with Crippen molar-refractivity contribution in [3.05, 3.63) is 36.0 Å². The van der Waals surface area contributed by atoms with Crippen LogP contribution < -0.4 is 0 Å². The number of hydrogen-bond donors (Lipinski definition) is 1. The molecule has 1 N–H and O–H groups in total. The van der Waals surface area contributed by atoms with Crippen molar-refractivity contribution in [2.24, 2.45) is 4.99 Å². The minimum atomic E-state index is -0.589. The lowest BCUT2D eigenvalue weighted by Gasteiger charge is -2.18. The van der Waals surface area contributed by atoms with Gasteiger partial charge in [-0.1, -0.05) is 18.2 Å². The Morgan fingerprint density at radius 2 is 2.29 bits per heavy atom. The second kappa shape index (κ2) is 6.94. The normalized spacial score (nSPS) is 12.7. The number of aromatic nitrogens is 1. The lowest BCUT2D eigenvalue weighted by molar-refractivity contribution is -0.170. The summed E-state index contributed by atoms with van der Waals surface area (Å²) in [6.45, 7) is 0. The predicted octanol–water partition coefficient (Wildman–Crippen LogP) is 0.692. The number of aliphatic imine (C=N–C) groups is 1. The topological polar surface area (TPSA) is 66.9 Å². The van der Waals surface area contributed by atoms with E-state index in [1.165, 1.54) is 26.6 Å². The molecule has 0 unspecified atom stereocenters. The van der Waals surface area contributed by atoms with Crippen molar-refractivity contribution in [3.63, 3.8) is 0 Å². The van der Waals surface area contributed by atoms with Gasteiger partial charge in [-0.2, -0.15) is 0 Å². The average Bonchev–Trinajstić information content (AvgIpc) is 2.93. The van der Waals surface area contributed by atoms with Gasteiger partial charge >= 0.3 is 8.05 Å². The molecular formula is C14H18BN3O3. The summed E-state index contributed by atoms with van der Waals surface area (Å²) in [7, 11) is 4.50. The van der Waals surface area contributed by atoms with Crippen molar-refractivity contribution in [1.82, 2.24) is 10.0 Å². The van der Waals surface area contributed by atoms with Crippen molar-refractivity contribution < 1.29 is 14.3 Å². The van der Waals surface area contributed by atoms with Crippen molar-refractivity contribution in [3.8, 4) is 0 Å². The van der Waals surface area contributed by atoms with Gasteiger partial charge in [0.05, 0.1) is 7.11 Å². The number of nitrogens with one attached hydrogen (secondary N) is 1. The molecule has 1 aromatic carbocycles. The van der Waals surface area contributed by atoms with Crippen LogP contribution in [0.25, 0.3) is 10.9 Å². The van der Waals surface area contributed by atoms with Crippen LogP contribution in [0.1, 0.15) is 5.56 Å². The van der Waals surface area contributed by atoms with E-state index in [2.05, 4.69) is 9.98 Å². The van der Waals surface area contributed by atoms with Gasteiger partial charge in [0.2, 0.25) is 0 Å². The summed E-state index contributed by atoms with van der Waals surface area (Å²) < 4.78 is 4.83. The Morgan fingerprint density at radius 1 is 1.52 bits per heavy atom. The highest BCUT2D eigenvalue weighted by atomic mass is 16.7. The van der Waals surface area contributed by atoms with E-state index in [0.717, 1.165) is 16.5 Å². The zero-order chi connectivity index (χ0) is 15.2. The van der Waals surface area contributed by atoms with Crippen molar-refractivity contribution >= 4 is 31.3 Å². The van der Waals surface area contributed by atoms with E-state index in [0.29, 0.717) is 6.42 Å². The van der Waals surface area contributed by atoms with Gasteiger partial charge < -0.3 is 9.64 Å². The standard InChI is InChI=1S/C14H18BN3O3/c1-18(20-2)14(19)13(17-9-21-15)7-10-8-16-12-6-4-3-5-11(10)12/h3-6,8-9,13,16H,7,15H2,1-2H3/t13-/m0/s1. The maximum Gasteiger partial charge on any atom is 0.323 e. The number of para-hydroxylation sites is 1. The van der Waals surface area contributed by atoms with Gasteiger partial charge in [-0.3, -0.25) is 9.63 Å². The summed E-state index contributed by atoms with van der Waals surface area (Å²) in [6, 6.07) is 7.36. The maximum atomic E-state index is 12.3. The van der Waals surface area contributed by atoms with Crippen LogP contribution in [-0.2, 0) is 20.7 Å². The van der Waals surface area contributed by atoms with E-state index in [1.807, 2.05) is 30.5 Å². The number of aromatic amines is 1. The lowest BCUT2D eigenvalue weighted by atomic mass is 10.0. The average molecular weight is 287 g/mol. The van der Waals surface area contributed by atoms with E-state index in [1.54, 1.807) is 7.05 Å². The molecule has 0 fully saturated rings. The molecule has 110 valence electrons. The number of benzene rings is 1. The predicted molar refractivity (Wildman–Crippen MR) is 83.7 cm³/mol. The molecule has 0 aliphatic carbocycles. The number of H-pyrrole nitrogens is 1. The highest BCUT2D eigenvalue weighted by Crippen LogP contribution is 2.20. The Labute approximate surface area is 124 Å². The smallest absolute Gasteiger partial charge is 0.323 e. The first-order valence-corrected chi connectivity index (χ1v) is 6.58. The van der Waals surface area contributed by atoms with Gasteiger partial charge in [-0.15, -0.1) is 0 Å². The summed E-state index contributed by atoms with van der Waals surface area (Å²) >= 11 is 0. The first-order chi connectivity index (χ1) is 10.2. The van der Waals surface area contributed by atoms with Gasteiger partial charge in [0, 0.05) is 30.6 Å². The Balaban J connectivity index is 2.26. The highest BCUT2D eigenvalue weighted by Gasteiger charge is 2.23. The fourth-order valence-electron chi connectivity index (χ4n) is 2.15. The van der Waals surface area contributed by atoms with Gasteiger partial charge in [0.25, 0.3) is 5.91 Å². The van der Waals surface area contributed by atoms with Crippen LogP contribution in [-0.4, -0.2) is 50.6 Å². The van der Waals surface area contributed by atoms with E-state index in [9.17, 15) is 4.79 Å². The van der Waals surface area contributed by atoms with Gasteiger partial charge in [-0.05, 0) is 11.6 Å². The summed E-state index contributed by atoms with van der Waals surface area (Å²) in [5.74, 6) is -0.226. The molecule has 7 heteroatoms. The second-order valence-corrected chi connectivity index (χ2v) is 4.59. The Hall–Kier alpha value is -2.28. The first kappa shape index (κ1) is 15.1. The van der Waals surface area contributed by atoms with Gasteiger partial charge in [0.15, 0.2) is 6.40 Å². The summed E-state index contributed by atoms with van der Waals surface area (Å²) in [6.07, 6.45) is 3.65. The molecule has 1 heterocycles. The van der Waals surface area contributed by atoms with Crippen molar-refractivity contribution in [1.29, 1.82) is 0 Å². The number of hydrogen-bond acceptors (Lipinski definition) is 4. The summed E-state index contributed by atoms with van der Waals surface area (Å²) in [5.41, 5.74) is 2.07. The maximum absolute atomic E-state index is 12.3. The third-order valence-corrected chi connectivity index (χ3v) is 3.30. The molecule has 1 aromatic heterocycles. The number of nitrogens with zero attached hydrogens (tertiary/aromatic N) is 2. The molecule has 0 bridgehead atoms. The van der Waals surface area contributed by atoms with Crippen molar-refractivity contribution in [2.45, 2.75) is 12.5 Å². The molecule has 21 heavy (non-hydrogen) atoms. The Kier molecular flexibility index (Phi) is 5.00. The number of amides is 1. The lowest BCUT2D eigenvalue weighted by Crippen LogP contribution is -2.36. The van der Waals surface area contributed by atoms with E-state index in [4.69, 9.17) is 9.49 Å². The third kappa shape index (κ3) is 3.43. The summed E-state index contributed by atoms with van der Waals surface area (Å²) in [5, 5.41) is 2.26. The van der Waals surface area contributed by atoms with E-state index in [-0.39, 0.29) is 5.91 Å². The zero-order valence-corrected chi connectivity index (χ0v) is 12.4. The monoisotopic (exact) mass is 287 g/mol. The molecule has 0 saturated carbocycles. The number of rotatable bonds is 6. The minimum Gasteiger partial charge on any atom is -0.560 e. The molecule has 0 aliphatic heterocycles. The number of fused-ring (bicyclic) bond motifs is 1. The molecule has 1 amide bonds. The van der Waals surface area contributed by atoms with Crippen LogP contribution in [0.4, 0.5) is 0 Å². The minimum absolute atomic E-state index is 0.226. The number of hydroxylamine groups is 2. The van der Waals surface area contributed by atoms with Crippen LogP contribution in [0.3, 0.4) is 0 Å². The van der Waals surface area contributed by atoms with E-state index < -0.39 is 6.04 Å². The molecule has 0 aliphatic rings. The largest absolute Gasteiger partial charge is 0.560 e. The van der Waals surface area contributed by atoms with E-state index >= 15 is 0 Å². The second-order valence-electron chi connectivity index (χ2n) is 4.59. The fourth-order valence-corrected chi connectivity index (χ4v) is 2.15. The van der Waals surface area contributed by atoms with Crippen LogP contribution >= 0.6 is 0 Å². The molecule has 2 aromatic rings. The molecule has 6 nitrogen and oxygen atoms in total. The van der Waals surface area contributed by atoms with Crippen LogP contribution in [0.15, 0.2) is 35.5 Å². The molecular weight excluding hydrogens is 269 g/mol. The van der Waals surface area contributed by atoms with Crippen LogP contribution in [0, 0.1) is 0 Å². The highest BCUT2D eigenvalue weighted by molar-refractivity contribution is 6.02. The fraction of sp³-hybridized carbons (Fsp3) is 0.286. The number of likely N-dealkylation sites (N-methyl/N-ethyl adjacent to an activating group) is 1. The Bertz CT molecular complexity index is 641. The number of carbonyl (C=O) groups is 1. The summed E-state index contributed by atoms with van der Waals surface area (Å²) in [4.78, 5) is 24.6. The van der Waals surface area contributed by atoms with Gasteiger partial charge in [-0.25, -0.2) is 10.1 Å². The van der Waals surface area contributed by atoms with Gasteiger partial charge in [0.1, 0.15) is 6.04 Å². The molecule has 0 radical (unpaired) electrons. The quantitative estimate of drug-likeness (QED) is 0.368. The Morgan fingerprint density at radius 3 is 3.00 bits per heavy atom. The number of carbonyl (C=O) groups excluding carboxylic acids is 1. The molecule has 0 spiro atoms. The molecule has 1 atom stereocenters. The van der Waals surface area contributed by atoms with Crippen LogP contribution in [0.2, 0.25) is 0 Å². The first-order valence-electron chi connectivity index (χ1n) is 6.58. The van der Waals surface area contributed by atoms with Crippen molar-refractivity contribution in [2.75, 3.05) is 14.2 Å². The SMILES string of the molecule is BOC=N[C@@H](Cc1c[nH]c2ccccc12)C(=O)N(C)OC. The zero-order valence-electron chi connectivity index (χ0n) is 12.4. The molecule has 2 rings (SSSR count). The van der Waals surface area contributed by atoms with Crippen LogP contribution in [0.5, 0.6) is 0 Å². The molecule has 0 saturated heterocycles.